The molecule has 0 spiro atoms. The molecule has 1 aliphatic rings. The molecule has 15 heavy (non-hydrogen) atoms. The molecule has 1 fully saturated rings. The Kier molecular flexibility index (Phi) is 4.14. The van der Waals surface area contributed by atoms with Crippen molar-refractivity contribution in [1.82, 2.24) is 5.32 Å². The molecule has 0 aromatic carbocycles. The number of aliphatic carboxylic acids is 1. The number of unbranched alkanes of at least 4 members (excludes halogenated alkanes) is 1. The number of carboxylic acids is 1. The fourth-order valence-corrected chi connectivity index (χ4v) is 2.11. The molecular weight excluding hydrogens is 190 g/mol. The summed E-state index contributed by atoms with van der Waals surface area (Å²) in [6.45, 7) is 6.07. The van der Waals surface area contributed by atoms with Crippen LogP contribution in [0.4, 0.5) is 0 Å². The van der Waals surface area contributed by atoms with E-state index in [1.165, 1.54) is 6.42 Å². The van der Waals surface area contributed by atoms with E-state index >= 15 is 0 Å². The third-order valence-corrected chi connectivity index (χ3v) is 3.38. The molecule has 1 rings (SSSR count). The van der Waals surface area contributed by atoms with Gasteiger partial charge in [-0.2, -0.15) is 0 Å². The number of nitrogens with one attached hydrogen (secondary N) is 1. The number of carboxylic acid groups (broad SMARTS) is 1. The van der Waals surface area contributed by atoms with Crippen LogP contribution in [0.15, 0.2) is 0 Å². The minimum absolute atomic E-state index is 0.298. The van der Waals surface area contributed by atoms with Crippen molar-refractivity contribution >= 4 is 5.97 Å². The number of hydrogen-bond acceptors (Lipinski definition) is 2. The summed E-state index contributed by atoms with van der Waals surface area (Å²) in [5, 5.41) is 12.5. The van der Waals surface area contributed by atoms with Crippen LogP contribution in [0.3, 0.4) is 0 Å². The molecule has 3 nitrogen and oxygen atoms in total. The van der Waals surface area contributed by atoms with Crippen LogP contribution in [0.1, 0.15) is 52.9 Å². The van der Waals surface area contributed by atoms with Gasteiger partial charge in [0, 0.05) is 6.04 Å². The van der Waals surface area contributed by atoms with Gasteiger partial charge in [0.1, 0.15) is 5.54 Å². The molecule has 3 heteroatoms. The Bertz CT molecular complexity index is 226. The van der Waals surface area contributed by atoms with Crippen LogP contribution in [0, 0.1) is 5.92 Å². The Morgan fingerprint density at radius 1 is 1.60 bits per heavy atom. The molecule has 0 aliphatic heterocycles. The molecule has 0 bridgehead atoms. The van der Waals surface area contributed by atoms with Gasteiger partial charge in [0.05, 0.1) is 0 Å². The molecule has 1 aliphatic carbocycles. The van der Waals surface area contributed by atoms with Crippen LogP contribution in [-0.4, -0.2) is 22.7 Å². The first-order valence-electron chi connectivity index (χ1n) is 6.01. The lowest BCUT2D eigenvalue weighted by atomic mass is 9.94. The largest absolute Gasteiger partial charge is 0.480 e. The Balaban J connectivity index is 2.47. The number of carbonyl (C=O) groups is 1. The van der Waals surface area contributed by atoms with Gasteiger partial charge >= 0.3 is 5.97 Å². The average Bonchev–Trinajstić information content (AvgIpc) is 2.97. The summed E-state index contributed by atoms with van der Waals surface area (Å²) >= 11 is 0. The van der Waals surface area contributed by atoms with E-state index in [0.29, 0.717) is 12.0 Å². The molecule has 0 aromatic rings. The predicted molar refractivity (Wildman–Crippen MR) is 60.9 cm³/mol. The summed E-state index contributed by atoms with van der Waals surface area (Å²) in [6, 6.07) is 0.298. The van der Waals surface area contributed by atoms with Gasteiger partial charge in [0.15, 0.2) is 0 Å². The minimum Gasteiger partial charge on any atom is -0.480 e. The monoisotopic (exact) mass is 213 g/mol. The Morgan fingerprint density at radius 2 is 2.20 bits per heavy atom. The molecule has 0 saturated heterocycles. The van der Waals surface area contributed by atoms with Crippen LogP contribution in [0.2, 0.25) is 0 Å². The highest BCUT2D eigenvalue weighted by Gasteiger charge is 2.47. The lowest BCUT2D eigenvalue weighted by molar-refractivity contribution is -0.145. The van der Waals surface area contributed by atoms with E-state index in [1.807, 2.05) is 6.92 Å². The fraction of sp³-hybridized carbons (Fsp3) is 0.917. The van der Waals surface area contributed by atoms with E-state index < -0.39 is 11.5 Å². The molecular formula is C12H23NO2. The van der Waals surface area contributed by atoms with Gasteiger partial charge in [0.2, 0.25) is 0 Å². The lowest BCUT2D eigenvalue weighted by Crippen LogP contribution is -2.54. The fourth-order valence-electron chi connectivity index (χ4n) is 2.11. The SMILES string of the molecule is CCCCC(C)NC(C)(C(=O)O)C1CC1. The van der Waals surface area contributed by atoms with Gasteiger partial charge in [-0.1, -0.05) is 19.8 Å². The van der Waals surface area contributed by atoms with Gasteiger partial charge in [-0.3, -0.25) is 10.1 Å². The Labute approximate surface area is 92.3 Å². The van der Waals surface area contributed by atoms with Crippen molar-refractivity contribution in [3.63, 3.8) is 0 Å². The molecule has 2 atom stereocenters. The van der Waals surface area contributed by atoms with E-state index in [9.17, 15) is 9.90 Å². The van der Waals surface area contributed by atoms with Crippen molar-refractivity contribution in [2.24, 2.45) is 5.92 Å². The Morgan fingerprint density at radius 3 is 2.60 bits per heavy atom. The standard InChI is InChI=1S/C12H23NO2/c1-4-5-6-9(2)13-12(3,11(14)15)10-7-8-10/h9-10,13H,4-8H2,1-3H3,(H,14,15). The van der Waals surface area contributed by atoms with Crippen LogP contribution in [0.25, 0.3) is 0 Å². The van der Waals surface area contributed by atoms with Gasteiger partial charge in [-0.05, 0) is 39.0 Å². The maximum atomic E-state index is 11.2. The summed E-state index contributed by atoms with van der Waals surface area (Å²) in [7, 11) is 0. The molecule has 2 unspecified atom stereocenters. The highest BCUT2D eigenvalue weighted by molar-refractivity contribution is 5.79. The van der Waals surface area contributed by atoms with E-state index in [1.54, 1.807) is 0 Å². The van der Waals surface area contributed by atoms with Crippen molar-refractivity contribution in [2.75, 3.05) is 0 Å². The van der Waals surface area contributed by atoms with E-state index in [0.717, 1.165) is 25.7 Å². The van der Waals surface area contributed by atoms with Crippen molar-refractivity contribution < 1.29 is 9.90 Å². The summed E-state index contributed by atoms with van der Waals surface area (Å²) in [6.07, 6.45) is 5.49. The van der Waals surface area contributed by atoms with E-state index in [4.69, 9.17) is 0 Å². The first-order valence-corrected chi connectivity index (χ1v) is 6.01. The third-order valence-electron chi connectivity index (χ3n) is 3.38. The smallest absolute Gasteiger partial charge is 0.323 e. The van der Waals surface area contributed by atoms with Crippen LogP contribution in [0.5, 0.6) is 0 Å². The molecule has 1 saturated carbocycles. The van der Waals surface area contributed by atoms with Crippen molar-refractivity contribution in [2.45, 2.75) is 64.5 Å². The summed E-state index contributed by atoms with van der Waals surface area (Å²) in [4.78, 5) is 11.2. The summed E-state index contributed by atoms with van der Waals surface area (Å²) in [5.74, 6) is -0.368. The first kappa shape index (κ1) is 12.5. The molecule has 0 aromatic heterocycles. The zero-order valence-electron chi connectivity index (χ0n) is 10.0. The second-order valence-electron chi connectivity index (χ2n) is 4.97. The van der Waals surface area contributed by atoms with Gasteiger partial charge < -0.3 is 5.11 Å². The summed E-state index contributed by atoms with van der Waals surface area (Å²) in [5.41, 5.74) is -0.701. The number of hydrogen-bond donors (Lipinski definition) is 2. The highest BCUT2D eigenvalue weighted by Crippen LogP contribution is 2.40. The maximum Gasteiger partial charge on any atom is 0.323 e. The van der Waals surface area contributed by atoms with Crippen molar-refractivity contribution in [1.29, 1.82) is 0 Å². The van der Waals surface area contributed by atoms with Gasteiger partial charge in [-0.25, -0.2) is 0 Å². The average molecular weight is 213 g/mol. The Hall–Kier alpha value is -0.570. The minimum atomic E-state index is -0.701. The first-order chi connectivity index (χ1) is 7.00. The maximum absolute atomic E-state index is 11.2. The molecule has 0 heterocycles. The highest BCUT2D eigenvalue weighted by atomic mass is 16.4. The van der Waals surface area contributed by atoms with Crippen LogP contribution in [-0.2, 0) is 4.79 Å². The second kappa shape index (κ2) is 4.97. The quantitative estimate of drug-likeness (QED) is 0.682. The zero-order chi connectivity index (χ0) is 11.5. The van der Waals surface area contributed by atoms with E-state index in [2.05, 4.69) is 19.2 Å². The van der Waals surface area contributed by atoms with Crippen LogP contribution >= 0.6 is 0 Å². The second-order valence-corrected chi connectivity index (χ2v) is 4.97. The normalized spacial score (nSPS) is 22.1. The summed E-state index contributed by atoms with van der Waals surface area (Å²) < 4.78 is 0. The van der Waals surface area contributed by atoms with Crippen LogP contribution < -0.4 is 5.32 Å². The molecule has 2 N–H and O–H groups in total. The molecule has 0 radical (unpaired) electrons. The third kappa shape index (κ3) is 3.20. The van der Waals surface area contributed by atoms with Gasteiger partial charge in [-0.15, -0.1) is 0 Å². The lowest BCUT2D eigenvalue weighted by Gasteiger charge is -2.30. The van der Waals surface area contributed by atoms with E-state index in [-0.39, 0.29) is 0 Å². The topological polar surface area (TPSA) is 49.3 Å². The van der Waals surface area contributed by atoms with Gasteiger partial charge in [0.25, 0.3) is 0 Å². The van der Waals surface area contributed by atoms with Crippen molar-refractivity contribution in [3.05, 3.63) is 0 Å². The molecule has 0 amide bonds. The van der Waals surface area contributed by atoms with Crippen molar-refractivity contribution in [3.8, 4) is 0 Å². The predicted octanol–water partition coefficient (Wildman–Crippen LogP) is 2.41. The molecule has 88 valence electrons. The zero-order valence-corrected chi connectivity index (χ0v) is 10.0. The number of rotatable bonds is 7.